The number of fused-ring (bicyclic) bond motifs is 1. The fraction of sp³-hybridized carbons (Fsp3) is 0.357. The van der Waals surface area contributed by atoms with Gasteiger partial charge in [0.1, 0.15) is 12.1 Å². The van der Waals surface area contributed by atoms with E-state index in [1.807, 2.05) is 13.8 Å². The number of nitrogens with one attached hydrogen (secondary N) is 2. The van der Waals surface area contributed by atoms with Crippen LogP contribution in [-0.2, 0) is 4.79 Å². The highest BCUT2D eigenvalue weighted by Crippen LogP contribution is 2.21. The number of hydrogen-bond acceptors (Lipinski definition) is 4. The maximum atomic E-state index is 13.3. The third-order valence-corrected chi connectivity index (χ3v) is 2.77. The van der Waals surface area contributed by atoms with E-state index in [2.05, 4.69) is 20.6 Å². The van der Waals surface area contributed by atoms with Crippen LogP contribution in [0.25, 0.3) is 10.9 Å². The lowest BCUT2D eigenvalue weighted by Gasteiger charge is -2.10. The van der Waals surface area contributed by atoms with Gasteiger partial charge in [-0.3, -0.25) is 4.79 Å². The zero-order chi connectivity index (χ0) is 15.4. The fourth-order valence-corrected chi connectivity index (χ4v) is 1.88. The van der Waals surface area contributed by atoms with Gasteiger partial charge < -0.3 is 10.6 Å². The second-order valence-corrected chi connectivity index (χ2v) is 4.90. The second-order valence-electron chi connectivity index (χ2n) is 4.90. The number of nitrogens with zero attached hydrogens (tertiary/aromatic N) is 2. The van der Waals surface area contributed by atoms with Crippen molar-refractivity contribution in [2.75, 3.05) is 11.9 Å². The summed E-state index contributed by atoms with van der Waals surface area (Å²) in [7, 11) is 0. The molecular weight excluding hydrogens is 278 g/mol. The molecule has 1 aromatic carbocycles. The number of aromatic nitrogens is 2. The SMILES string of the molecule is CC(C)NC(=O)CCNc1ncnc2cc(F)c(F)cc12. The molecule has 0 saturated heterocycles. The van der Waals surface area contributed by atoms with Crippen LogP contribution in [0.3, 0.4) is 0 Å². The summed E-state index contributed by atoms with van der Waals surface area (Å²) in [4.78, 5) is 19.4. The van der Waals surface area contributed by atoms with Gasteiger partial charge in [-0.05, 0) is 19.9 Å². The molecule has 1 heterocycles. The van der Waals surface area contributed by atoms with Crippen molar-refractivity contribution in [1.82, 2.24) is 15.3 Å². The van der Waals surface area contributed by atoms with E-state index in [1.54, 1.807) is 0 Å². The summed E-state index contributed by atoms with van der Waals surface area (Å²) in [5.74, 6) is -1.63. The molecule has 0 saturated carbocycles. The molecule has 7 heteroatoms. The Morgan fingerprint density at radius 2 is 1.95 bits per heavy atom. The lowest BCUT2D eigenvalue weighted by Crippen LogP contribution is -2.31. The largest absolute Gasteiger partial charge is 0.369 e. The first kappa shape index (κ1) is 15.1. The van der Waals surface area contributed by atoms with Gasteiger partial charge in [0.25, 0.3) is 0 Å². The molecule has 0 bridgehead atoms. The molecule has 1 aromatic heterocycles. The third-order valence-electron chi connectivity index (χ3n) is 2.77. The lowest BCUT2D eigenvalue weighted by atomic mass is 10.2. The van der Waals surface area contributed by atoms with Crippen molar-refractivity contribution in [3.05, 3.63) is 30.1 Å². The van der Waals surface area contributed by atoms with E-state index in [0.717, 1.165) is 12.1 Å². The van der Waals surface area contributed by atoms with Crippen LogP contribution in [-0.4, -0.2) is 28.5 Å². The molecule has 0 atom stereocenters. The first-order valence-corrected chi connectivity index (χ1v) is 6.60. The Labute approximate surface area is 120 Å². The first-order chi connectivity index (χ1) is 9.97. The Hall–Kier alpha value is -2.31. The molecule has 0 aliphatic carbocycles. The monoisotopic (exact) mass is 294 g/mol. The van der Waals surface area contributed by atoms with Crippen LogP contribution in [0.5, 0.6) is 0 Å². The third kappa shape index (κ3) is 3.84. The Morgan fingerprint density at radius 3 is 2.67 bits per heavy atom. The van der Waals surface area contributed by atoms with Crippen LogP contribution >= 0.6 is 0 Å². The van der Waals surface area contributed by atoms with Gasteiger partial charge in [0.05, 0.1) is 5.52 Å². The number of anilines is 1. The topological polar surface area (TPSA) is 66.9 Å². The van der Waals surface area contributed by atoms with Crippen molar-refractivity contribution in [3.63, 3.8) is 0 Å². The van der Waals surface area contributed by atoms with Crippen molar-refractivity contribution < 1.29 is 13.6 Å². The molecule has 5 nitrogen and oxygen atoms in total. The number of halogens is 2. The highest BCUT2D eigenvalue weighted by atomic mass is 19.2. The number of hydrogen-bond donors (Lipinski definition) is 2. The van der Waals surface area contributed by atoms with Gasteiger partial charge in [0.2, 0.25) is 5.91 Å². The van der Waals surface area contributed by atoms with Gasteiger partial charge in [-0.1, -0.05) is 0 Å². The van der Waals surface area contributed by atoms with E-state index < -0.39 is 11.6 Å². The number of carbonyl (C=O) groups excluding carboxylic acids is 1. The van der Waals surface area contributed by atoms with E-state index in [0.29, 0.717) is 23.3 Å². The van der Waals surface area contributed by atoms with Crippen molar-refractivity contribution in [2.24, 2.45) is 0 Å². The van der Waals surface area contributed by atoms with Gasteiger partial charge >= 0.3 is 0 Å². The Kier molecular flexibility index (Phi) is 4.62. The average molecular weight is 294 g/mol. The van der Waals surface area contributed by atoms with Crippen molar-refractivity contribution >= 4 is 22.6 Å². The standard InChI is InChI=1S/C14H16F2N4O/c1-8(2)20-13(21)3-4-17-14-9-5-10(15)11(16)6-12(9)18-7-19-14/h5-8H,3-4H2,1-2H3,(H,20,21)(H,17,18,19). The normalized spacial score (nSPS) is 10.9. The molecule has 2 N–H and O–H groups in total. The molecule has 21 heavy (non-hydrogen) atoms. The Balaban J connectivity index is 2.09. The number of carbonyl (C=O) groups is 1. The van der Waals surface area contributed by atoms with Crippen LogP contribution in [0.15, 0.2) is 18.5 Å². The summed E-state index contributed by atoms with van der Waals surface area (Å²) in [6.07, 6.45) is 1.52. The molecule has 1 amide bonds. The molecule has 0 radical (unpaired) electrons. The highest BCUT2D eigenvalue weighted by Gasteiger charge is 2.10. The molecule has 0 unspecified atom stereocenters. The Bertz CT molecular complexity index is 661. The van der Waals surface area contributed by atoms with Crippen LogP contribution < -0.4 is 10.6 Å². The van der Waals surface area contributed by atoms with E-state index in [9.17, 15) is 13.6 Å². The summed E-state index contributed by atoms with van der Waals surface area (Å²) >= 11 is 0. The molecule has 0 aliphatic rings. The van der Waals surface area contributed by atoms with Gasteiger partial charge in [-0.15, -0.1) is 0 Å². The number of benzene rings is 1. The van der Waals surface area contributed by atoms with E-state index >= 15 is 0 Å². The predicted octanol–water partition coefficient (Wildman–Crippen LogP) is 2.23. The van der Waals surface area contributed by atoms with E-state index in [4.69, 9.17) is 0 Å². The summed E-state index contributed by atoms with van der Waals surface area (Å²) in [6, 6.07) is 2.14. The van der Waals surface area contributed by atoms with E-state index in [-0.39, 0.29) is 18.4 Å². The highest BCUT2D eigenvalue weighted by molar-refractivity contribution is 5.89. The summed E-state index contributed by atoms with van der Waals surface area (Å²) in [5.41, 5.74) is 0.304. The molecular formula is C14H16F2N4O. The molecule has 0 fully saturated rings. The van der Waals surface area contributed by atoms with Crippen molar-refractivity contribution in [3.8, 4) is 0 Å². The van der Waals surface area contributed by atoms with Gasteiger partial charge in [-0.25, -0.2) is 18.7 Å². The second kappa shape index (κ2) is 6.43. The molecule has 2 rings (SSSR count). The van der Waals surface area contributed by atoms with Gasteiger partial charge in [0, 0.05) is 30.5 Å². The minimum atomic E-state index is -0.960. The molecule has 0 spiro atoms. The maximum Gasteiger partial charge on any atom is 0.221 e. The molecule has 112 valence electrons. The van der Waals surface area contributed by atoms with Crippen LogP contribution in [0.4, 0.5) is 14.6 Å². The van der Waals surface area contributed by atoms with Crippen LogP contribution in [0, 0.1) is 11.6 Å². The first-order valence-electron chi connectivity index (χ1n) is 6.60. The average Bonchev–Trinajstić information content (AvgIpc) is 2.40. The molecule has 2 aromatic rings. The maximum absolute atomic E-state index is 13.3. The quantitative estimate of drug-likeness (QED) is 0.887. The van der Waals surface area contributed by atoms with Crippen molar-refractivity contribution in [2.45, 2.75) is 26.3 Å². The summed E-state index contributed by atoms with van der Waals surface area (Å²) < 4.78 is 26.5. The minimum absolute atomic E-state index is 0.0782. The predicted molar refractivity (Wildman–Crippen MR) is 75.8 cm³/mol. The smallest absolute Gasteiger partial charge is 0.221 e. The zero-order valence-corrected chi connectivity index (χ0v) is 11.8. The summed E-state index contributed by atoms with van der Waals surface area (Å²) in [6.45, 7) is 4.09. The summed E-state index contributed by atoms with van der Waals surface area (Å²) in [5, 5.41) is 6.07. The van der Waals surface area contributed by atoms with Crippen LogP contribution in [0.1, 0.15) is 20.3 Å². The number of rotatable bonds is 5. The Morgan fingerprint density at radius 1 is 1.24 bits per heavy atom. The van der Waals surface area contributed by atoms with Gasteiger partial charge in [0.15, 0.2) is 11.6 Å². The lowest BCUT2D eigenvalue weighted by molar-refractivity contribution is -0.121. The van der Waals surface area contributed by atoms with E-state index in [1.165, 1.54) is 6.33 Å². The molecule has 0 aliphatic heterocycles. The van der Waals surface area contributed by atoms with Crippen molar-refractivity contribution in [1.29, 1.82) is 0 Å². The number of amides is 1. The zero-order valence-electron chi connectivity index (χ0n) is 11.8. The minimum Gasteiger partial charge on any atom is -0.369 e. The van der Waals surface area contributed by atoms with Crippen LogP contribution in [0.2, 0.25) is 0 Å². The van der Waals surface area contributed by atoms with Gasteiger partial charge in [-0.2, -0.15) is 0 Å². The fourth-order valence-electron chi connectivity index (χ4n) is 1.88.